The lowest BCUT2D eigenvalue weighted by molar-refractivity contribution is 0.0517. The molecule has 0 amide bonds. The van der Waals surface area contributed by atoms with E-state index < -0.39 is 11.4 Å². The van der Waals surface area contributed by atoms with Crippen molar-refractivity contribution in [2.75, 3.05) is 6.61 Å². The Hall–Kier alpha value is -1.51. The van der Waals surface area contributed by atoms with E-state index in [4.69, 9.17) is 4.74 Å². The van der Waals surface area contributed by atoms with Crippen LogP contribution in [0, 0.1) is 3.57 Å². The Labute approximate surface area is 110 Å². The zero-order valence-electron chi connectivity index (χ0n) is 8.86. The van der Waals surface area contributed by atoms with Crippen LogP contribution in [0.3, 0.4) is 0 Å². The zero-order valence-corrected chi connectivity index (χ0v) is 11.0. The maximum Gasteiger partial charge on any atom is 0.362 e. The van der Waals surface area contributed by atoms with Gasteiger partial charge in [-0.2, -0.15) is 5.10 Å². The van der Waals surface area contributed by atoms with Crippen molar-refractivity contribution in [2.24, 2.45) is 0 Å². The number of fused-ring (bicyclic) bond motifs is 1. The molecule has 0 saturated heterocycles. The van der Waals surface area contributed by atoms with Crippen LogP contribution in [0.1, 0.15) is 17.4 Å². The number of hydrogen-bond donors (Lipinski definition) is 1. The first-order chi connectivity index (χ1) is 8.13. The fourth-order valence-electron chi connectivity index (χ4n) is 1.33. The van der Waals surface area contributed by atoms with Crippen molar-refractivity contribution in [1.29, 1.82) is 0 Å². The van der Waals surface area contributed by atoms with Crippen molar-refractivity contribution < 1.29 is 9.53 Å². The van der Waals surface area contributed by atoms with Gasteiger partial charge in [-0.15, -0.1) is 0 Å². The molecule has 88 valence electrons. The lowest BCUT2D eigenvalue weighted by atomic mass is 10.2. The van der Waals surface area contributed by atoms with E-state index in [2.05, 4.69) is 15.2 Å². The highest BCUT2D eigenvalue weighted by Gasteiger charge is 2.16. The number of ether oxygens (including phenoxy) is 1. The lowest BCUT2D eigenvalue weighted by Gasteiger charge is -2.01. The molecule has 2 aromatic rings. The maximum atomic E-state index is 12.0. The standard InChI is InChI=1S/C10H8IN3O3/c1-2-17-10(16)7-8(15)6-3-5(11)4-12-9(6)14-13-7/h3-4H,2H2,1H3,(H,12,14,15). The summed E-state index contributed by atoms with van der Waals surface area (Å²) in [6.45, 7) is 1.86. The first kappa shape index (κ1) is 12.0. The van der Waals surface area contributed by atoms with E-state index in [1.807, 2.05) is 22.6 Å². The second-order valence-electron chi connectivity index (χ2n) is 3.17. The molecule has 0 bridgehead atoms. The first-order valence-corrected chi connectivity index (χ1v) is 5.92. The molecule has 0 saturated carbocycles. The van der Waals surface area contributed by atoms with E-state index >= 15 is 0 Å². The quantitative estimate of drug-likeness (QED) is 0.651. The third-order valence-electron chi connectivity index (χ3n) is 2.06. The number of nitrogens with zero attached hydrogens (tertiary/aromatic N) is 2. The summed E-state index contributed by atoms with van der Waals surface area (Å²) in [5.41, 5.74) is -0.366. The van der Waals surface area contributed by atoms with E-state index in [9.17, 15) is 9.59 Å². The smallest absolute Gasteiger partial charge is 0.362 e. The zero-order chi connectivity index (χ0) is 12.4. The second-order valence-corrected chi connectivity index (χ2v) is 4.42. The van der Waals surface area contributed by atoms with Gasteiger partial charge in [-0.25, -0.2) is 9.78 Å². The Morgan fingerprint density at radius 2 is 2.35 bits per heavy atom. The van der Waals surface area contributed by atoms with Gasteiger partial charge in [0.25, 0.3) is 0 Å². The molecule has 17 heavy (non-hydrogen) atoms. The van der Waals surface area contributed by atoms with E-state index in [1.54, 1.807) is 19.2 Å². The number of nitrogens with one attached hydrogen (secondary N) is 1. The normalized spacial score (nSPS) is 10.5. The summed E-state index contributed by atoms with van der Waals surface area (Å²) in [5, 5.41) is 6.57. The average Bonchev–Trinajstić information content (AvgIpc) is 2.30. The minimum atomic E-state index is -0.727. The summed E-state index contributed by atoms with van der Waals surface area (Å²) in [4.78, 5) is 27.4. The highest BCUT2D eigenvalue weighted by atomic mass is 127. The largest absolute Gasteiger partial charge is 0.461 e. The topological polar surface area (TPSA) is 84.9 Å². The maximum absolute atomic E-state index is 12.0. The molecule has 0 aromatic carbocycles. The number of H-pyrrole nitrogens is 1. The van der Waals surface area contributed by atoms with Crippen LogP contribution in [0.2, 0.25) is 0 Å². The number of aromatic amines is 1. The number of pyridine rings is 1. The molecule has 0 unspecified atom stereocenters. The Morgan fingerprint density at radius 1 is 1.59 bits per heavy atom. The Bertz CT molecular complexity index is 638. The number of halogens is 1. The first-order valence-electron chi connectivity index (χ1n) is 4.84. The molecule has 7 heteroatoms. The third-order valence-corrected chi connectivity index (χ3v) is 2.65. The number of hydrogen-bond acceptors (Lipinski definition) is 5. The number of esters is 1. The second kappa shape index (κ2) is 4.78. The minimum Gasteiger partial charge on any atom is -0.461 e. The van der Waals surface area contributed by atoms with Crippen LogP contribution in [-0.4, -0.2) is 27.8 Å². The van der Waals surface area contributed by atoms with Crippen molar-refractivity contribution in [3.05, 3.63) is 31.8 Å². The van der Waals surface area contributed by atoms with E-state index in [-0.39, 0.29) is 12.3 Å². The predicted octanol–water partition coefficient (Wildman–Crippen LogP) is 1.10. The molecule has 2 heterocycles. The van der Waals surface area contributed by atoms with Gasteiger partial charge in [0.15, 0.2) is 5.65 Å². The van der Waals surface area contributed by atoms with E-state index in [0.717, 1.165) is 3.57 Å². The molecule has 0 atom stereocenters. The molecule has 1 N–H and O–H groups in total. The molecule has 2 rings (SSSR count). The minimum absolute atomic E-state index is 0.197. The molecular formula is C10H8IN3O3. The average molecular weight is 345 g/mol. The van der Waals surface area contributed by atoms with Crippen molar-refractivity contribution >= 4 is 39.6 Å². The van der Waals surface area contributed by atoms with Crippen LogP contribution in [0.5, 0.6) is 0 Å². The van der Waals surface area contributed by atoms with E-state index in [0.29, 0.717) is 11.0 Å². The van der Waals surface area contributed by atoms with Crippen LogP contribution in [0.15, 0.2) is 17.1 Å². The molecular weight excluding hydrogens is 337 g/mol. The number of carbonyl (C=O) groups excluding carboxylic acids is 1. The van der Waals surface area contributed by atoms with Crippen LogP contribution in [0.4, 0.5) is 0 Å². The summed E-state index contributed by atoms with van der Waals surface area (Å²) in [5.74, 6) is -0.727. The van der Waals surface area contributed by atoms with Gasteiger partial charge >= 0.3 is 5.97 Å². The summed E-state index contributed by atoms with van der Waals surface area (Å²) < 4.78 is 5.55. The highest BCUT2D eigenvalue weighted by Crippen LogP contribution is 2.09. The molecule has 6 nitrogen and oxygen atoms in total. The van der Waals surface area contributed by atoms with Gasteiger partial charge in [0.1, 0.15) is 0 Å². The molecule has 0 aliphatic carbocycles. The van der Waals surface area contributed by atoms with Crippen LogP contribution in [-0.2, 0) is 4.74 Å². The van der Waals surface area contributed by atoms with Crippen molar-refractivity contribution in [1.82, 2.24) is 15.2 Å². The molecule has 0 aliphatic heterocycles. The molecule has 0 radical (unpaired) electrons. The van der Waals surface area contributed by atoms with Crippen molar-refractivity contribution in [2.45, 2.75) is 6.92 Å². The van der Waals surface area contributed by atoms with Gasteiger partial charge in [0.2, 0.25) is 11.1 Å². The Morgan fingerprint density at radius 3 is 3.06 bits per heavy atom. The molecule has 0 aliphatic rings. The van der Waals surface area contributed by atoms with Gasteiger partial charge in [0, 0.05) is 9.77 Å². The van der Waals surface area contributed by atoms with Gasteiger partial charge in [0.05, 0.1) is 12.0 Å². The predicted molar refractivity (Wildman–Crippen MR) is 68.8 cm³/mol. The van der Waals surface area contributed by atoms with Gasteiger partial charge in [-0.1, -0.05) is 0 Å². The Kier molecular flexibility index (Phi) is 3.36. The molecule has 2 aromatic heterocycles. The SMILES string of the molecule is CCOC(=O)c1n[nH]c2ncc(I)cc2c1=O. The van der Waals surface area contributed by atoms with Crippen molar-refractivity contribution in [3.63, 3.8) is 0 Å². The fraction of sp³-hybridized carbons (Fsp3) is 0.200. The summed E-state index contributed by atoms with van der Waals surface area (Å²) in [6, 6.07) is 1.64. The van der Waals surface area contributed by atoms with Gasteiger partial charge in [-0.3, -0.25) is 9.89 Å². The molecule has 0 fully saturated rings. The fourth-order valence-corrected chi connectivity index (χ4v) is 1.78. The van der Waals surface area contributed by atoms with Gasteiger partial charge < -0.3 is 4.74 Å². The summed E-state index contributed by atoms with van der Waals surface area (Å²) in [6.07, 6.45) is 1.60. The third kappa shape index (κ3) is 2.28. The van der Waals surface area contributed by atoms with Gasteiger partial charge in [-0.05, 0) is 35.6 Å². The van der Waals surface area contributed by atoms with Crippen LogP contribution >= 0.6 is 22.6 Å². The number of rotatable bonds is 2. The monoisotopic (exact) mass is 345 g/mol. The summed E-state index contributed by atoms with van der Waals surface area (Å²) >= 11 is 2.04. The number of carbonyl (C=O) groups is 1. The van der Waals surface area contributed by atoms with Crippen LogP contribution in [0.25, 0.3) is 11.0 Å². The number of aromatic nitrogens is 3. The lowest BCUT2D eigenvalue weighted by Crippen LogP contribution is -2.21. The van der Waals surface area contributed by atoms with Crippen LogP contribution < -0.4 is 5.43 Å². The van der Waals surface area contributed by atoms with E-state index in [1.165, 1.54) is 0 Å². The molecule has 0 spiro atoms. The summed E-state index contributed by atoms with van der Waals surface area (Å²) in [7, 11) is 0. The van der Waals surface area contributed by atoms with Crippen molar-refractivity contribution in [3.8, 4) is 0 Å². The Balaban J connectivity index is 2.65. The highest BCUT2D eigenvalue weighted by molar-refractivity contribution is 14.1.